The highest BCUT2D eigenvalue weighted by Crippen LogP contribution is 2.44. The molecule has 1 N–H and O–H groups in total. The largest absolute Gasteiger partial charge is 0.355 e. The maximum atomic E-state index is 11.4. The average Bonchev–Trinajstić information content (AvgIpc) is 2.93. The number of nitrogens with one attached hydrogen (secondary N) is 1. The minimum absolute atomic E-state index is 0.0638. The van der Waals surface area contributed by atoms with Crippen LogP contribution in [0.3, 0.4) is 0 Å². The van der Waals surface area contributed by atoms with E-state index in [1.54, 1.807) is 0 Å². The van der Waals surface area contributed by atoms with E-state index < -0.39 is 5.41 Å². The van der Waals surface area contributed by atoms with Crippen LogP contribution in [0.1, 0.15) is 39.0 Å². The van der Waals surface area contributed by atoms with Crippen molar-refractivity contribution in [2.45, 2.75) is 39.0 Å². The monoisotopic (exact) mass is 180 g/mol. The van der Waals surface area contributed by atoms with Gasteiger partial charge in [0.1, 0.15) is 5.41 Å². The van der Waals surface area contributed by atoms with E-state index in [2.05, 4.69) is 18.3 Å². The molecule has 3 nitrogen and oxygen atoms in total. The molecule has 0 heterocycles. The molecule has 0 bridgehead atoms. The number of nitriles is 1. The number of carbonyl (C=O) groups excluding carboxylic acids is 1. The molecule has 1 saturated carbocycles. The van der Waals surface area contributed by atoms with Crippen molar-refractivity contribution in [3.63, 3.8) is 0 Å². The molecular formula is C10H16N2O. The van der Waals surface area contributed by atoms with Crippen molar-refractivity contribution in [1.29, 1.82) is 5.26 Å². The lowest BCUT2D eigenvalue weighted by atomic mass is 10.1. The molecule has 0 radical (unpaired) electrons. The molecule has 0 aliphatic heterocycles. The van der Waals surface area contributed by atoms with Crippen LogP contribution in [0, 0.1) is 16.7 Å². The Kier molecular flexibility index (Phi) is 3.30. The number of amides is 1. The Morgan fingerprint density at radius 2 is 2.23 bits per heavy atom. The quantitative estimate of drug-likeness (QED) is 0.653. The van der Waals surface area contributed by atoms with Crippen LogP contribution in [0.2, 0.25) is 0 Å². The summed E-state index contributed by atoms with van der Waals surface area (Å²) < 4.78 is 0. The smallest absolute Gasteiger partial charge is 0.240 e. The topological polar surface area (TPSA) is 52.9 Å². The third-order valence-electron chi connectivity index (χ3n) is 2.46. The number of hydrogen-bond donors (Lipinski definition) is 1. The van der Waals surface area contributed by atoms with E-state index in [0.29, 0.717) is 0 Å². The van der Waals surface area contributed by atoms with Crippen molar-refractivity contribution >= 4 is 5.91 Å². The summed E-state index contributed by atoms with van der Waals surface area (Å²) in [4.78, 5) is 11.4. The van der Waals surface area contributed by atoms with E-state index in [4.69, 9.17) is 5.26 Å². The maximum Gasteiger partial charge on any atom is 0.240 e. The summed E-state index contributed by atoms with van der Waals surface area (Å²) in [5.41, 5.74) is -0.647. The SMILES string of the molecule is CCCCCNC(=O)C1(C#N)CC1. The van der Waals surface area contributed by atoms with E-state index >= 15 is 0 Å². The first-order valence-electron chi connectivity index (χ1n) is 4.95. The fourth-order valence-corrected chi connectivity index (χ4v) is 1.26. The molecule has 1 aliphatic rings. The fourth-order valence-electron chi connectivity index (χ4n) is 1.26. The third kappa shape index (κ3) is 2.45. The van der Waals surface area contributed by atoms with E-state index in [-0.39, 0.29) is 5.91 Å². The second kappa shape index (κ2) is 4.27. The number of rotatable bonds is 5. The second-order valence-electron chi connectivity index (χ2n) is 3.66. The Morgan fingerprint density at radius 3 is 2.69 bits per heavy atom. The first-order chi connectivity index (χ1) is 6.25. The van der Waals surface area contributed by atoms with E-state index in [1.165, 1.54) is 0 Å². The fraction of sp³-hybridized carbons (Fsp3) is 0.800. The number of nitrogens with zero attached hydrogens (tertiary/aromatic N) is 1. The highest BCUT2D eigenvalue weighted by molar-refractivity contribution is 5.88. The predicted octanol–water partition coefficient (Wildman–Crippen LogP) is 1.60. The van der Waals surface area contributed by atoms with E-state index in [9.17, 15) is 4.79 Å². The Balaban J connectivity index is 2.16. The van der Waals surface area contributed by atoms with Gasteiger partial charge in [0.05, 0.1) is 6.07 Å². The molecule has 3 heteroatoms. The van der Waals surface area contributed by atoms with Crippen LogP contribution < -0.4 is 5.32 Å². The van der Waals surface area contributed by atoms with Gasteiger partial charge in [-0.3, -0.25) is 4.79 Å². The van der Waals surface area contributed by atoms with Crippen molar-refractivity contribution in [3.8, 4) is 6.07 Å². The van der Waals surface area contributed by atoms with Crippen molar-refractivity contribution in [3.05, 3.63) is 0 Å². The lowest BCUT2D eigenvalue weighted by Crippen LogP contribution is -2.31. The summed E-state index contributed by atoms with van der Waals surface area (Å²) in [6, 6.07) is 2.08. The van der Waals surface area contributed by atoms with Crippen LogP contribution in [-0.2, 0) is 4.79 Å². The summed E-state index contributed by atoms with van der Waals surface area (Å²) in [5.74, 6) is -0.0638. The molecule has 13 heavy (non-hydrogen) atoms. The average molecular weight is 180 g/mol. The molecule has 72 valence electrons. The van der Waals surface area contributed by atoms with Gasteiger partial charge in [-0.15, -0.1) is 0 Å². The van der Waals surface area contributed by atoms with Crippen LogP contribution in [0.15, 0.2) is 0 Å². The Bertz CT molecular complexity index is 226. The van der Waals surface area contributed by atoms with Crippen molar-refractivity contribution in [2.75, 3.05) is 6.54 Å². The van der Waals surface area contributed by atoms with Gasteiger partial charge in [-0.1, -0.05) is 19.8 Å². The summed E-state index contributed by atoms with van der Waals surface area (Å²) in [6.07, 6.45) is 4.79. The van der Waals surface area contributed by atoms with Gasteiger partial charge in [0.15, 0.2) is 0 Å². The van der Waals surface area contributed by atoms with Gasteiger partial charge in [-0.05, 0) is 19.3 Å². The van der Waals surface area contributed by atoms with Gasteiger partial charge in [-0.2, -0.15) is 5.26 Å². The first kappa shape index (κ1) is 10.0. The minimum atomic E-state index is -0.647. The number of carbonyl (C=O) groups is 1. The lowest BCUT2D eigenvalue weighted by molar-refractivity contribution is -0.124. The van der Waals surface area contributed by atoms with Gasteiger partial charge >= 0.3 is 0 Å². The van der Waals surface area contributed by atoms with Gasteiger partial charge < -0.3 is 5.32 Å². The minimum Gasteiger partial charge on any atom is -0.355 e. The van der Waals surface area contributed by atoms with Crippen LogP contribution in [0.4, 0.5) is 0 Å². The van der Waals surface area contributed by atoms with Gasteiger partial charge in [-0.25, -0.2) is 0 Å². The summed E-state index contributed by atoms with van der Waals surface area (Å²) in [5, 5.41) is 11.5. The molecule has 0 atom stereocenters. The highest BCUT2D eigenvalue weighted by Gasteiger charge is 2.50. The van der Waals surface area contributed by atoms with Gasteiger partial charge in [0.2, 0.25) is 5.91 Å². The summed E-state index contributed by atoms with van der Waals surface area (Å²) in [6.45, 7) is 2.84. The second-order valence-corrected chi connectivity index (χ2v) is 3.66. The molecule has 0 saturated heterocycles. The molecule has 1 amide bonds. The zero-order valence-electron chi connectivity index (χ0n) is 8.10. The molecule has 1 aliphatic carbocycles. The normalized spacial score (nSPS) is 17.5. The number of hydrogen-bond acceptors (Lipinski definition) is 2. The van der Waals surface area contributed by atoms with Crippen LogP contribution in [-0.4, -0.2) is 12.5 Å². The molecule has 1 fully saturated rings. The Labute approximate surface area is 79.1 Å². The molecule has 0 aromatic heterocycles. The molecule has 0 aromatic rings. The third-order valence-corrected chi connectivity index (χ3v) is 2.46. The summed E-state index contributed by atoms with van der Waals surface area (Å²) >= 11 is 0. The zero-order chi connectivity index (χ0) is 9.73. The lowest BCUT2D eigenvalue weighted by Gasteiger charge is -2.06. The summed E-state index contributed by atoms with van der Waals surface area (Å²) in [7, 11) is 0. The standard InChI is InChI=1S/C10H16N2O/c1-2-3-4-7-12-9(13)10(8-11)5-6-10/h2-7H2,1H3,(H,12,13). The maximum absolute atomic E-state index is 11.4. The van der Waals surface area contributed by atoms with Crippen molar-refractivity contribution < 1.29 is 4.79 Å². The molecule has 1 rings (SSSR count). The first-order valence-corrected chi connectivity index (χ1v) is 4.95. The highest BCUT2D eigenvalue weighted by atomic mass is 16.2. The van der Waals surface area contributed by atoms with Crippen molar-refractivity contribution in [1.82, 2.24) is 5.32 Å². The van der Waals surface area contributed by atoms with Crippen LogP contribution in [0.5, 0.6) is 0 Å². The van der Waals surface area contributed by atoms with Crippen LogP contribution in [0.25, 0.3) is 0 Å². The molecule has 0 aromatic carbocycles. The number of unbranched alkanes of at least 4 members (excludes halogenated alkanes) is 2. The van der Waals surface area contributed by atoms with E-state index in [0.717, 1.165) is 38.6 Å². The molecule has 0 spiro atoms. The molecule has 0 unspecified atom stereocenters. The predicted molar refractivity (Wildman–Crippen MR) is 49.8 cm³/mol. The Hall–Kier alpha value is -1.04. The van der Waals surface area contributed by atoms with E-state index in [1.807, 2.05) is 0 Å². The Morgan fingerprint density at radius 1 is 1.54 bits per heavy atom. The van der Waals surface area contributed by atoms with Gasteiger partial charge in [0, 0.05) is 6.54 Å². The van der Waals surface area contributed by atoms with Gasteiger partial charge in [0.25, 0.3) is 0 Å². The van der Waals surface area contributed by atoms with Crippen molar-refractivity contribution in [2.24, 2.45) is 5.41 Å². The molecular weight excluding hydrogens is 164 g/mol. The zero-order valence-corrected chi connectivity index (χ0v) is 8.10. The van der Waals surface area contributed by atoms with Crippen LogP contribution >= 0.6 is 0 Å².